The largest absolute Gasteiger partial charge is 0.484 e. The van der Waals surface area contributed by atoms with E-state index in [0.29, 0.717) is 27.4 Å². The number of aromatic nitrogens is 2. The Balaban J connectivity index is 1.59. The number of anilines is 1. The Bertz CT molecular complexity index is 975. The maximum atomic E-state index is 12.2. The van der Waals surface area contributed by atoms with Crippen molar-refractivity contribution in [2.24, 2.45) is 0 Å². The molecule has 0 saturated heterocycles. The summed E-state index contributed by atoms with van der Waals surface area (Å²) in [4.78, 5) is 12.2. The summed E-state index contributed by atoms with van der Waals surface area (Å²) in [7, 11) is 0. The molecule has 0 aliphatic heterocycles. The summed E-state index contributed by atoms with van der Waals surface area (Å²) in [5.41, 5.74) is 0. The van der Waals surface area contributed by atoms with Gasteiger partial charge in [-0.3, -0.25) is 9.48 Å². The number of hydrogen-bond donors (Lipinski definition) is 1. The van der Waals surface area contributed by atoms with Crippen LogP contribution < -0.4 is 10.1 Å². The molecular formula is C17H12Cl2N4O3. The van der Waals surface area contributed by atoms with Gasteiger partial charge in [-0.05, 0) is 30.3 Å². The molecule has 0 saturated carbocycles. The van der Waals surface area contributed by atoms with Crippen LogP contribution in [-0.4, -0.2) is 15.7 Å². The van der Waals surface area contributed by atoms with Crippen LogP contribution in [-0.2, 0) is 13.2 Å². The van der Waals surface area contributed by atoms with Crippen molar-refractivity contribution in [3.05, 3.63) is 64.2 Å². The number of halogens is 2. The molecular weight excluding hydrogens is 379 g/mol. The third-order valence-electron chi connectivity index (χ3n) is 3.26. The molecule has 0 atom stereocenters. The lowest BCUT2D eigenvalue weighted by atomic mass is 10.3. The first kappa shape index (κ1) is 17.9. The van der Waals surface area contributed by atoms with E-state index in [1.54, 1.807) is 36.5 Å². The number of nitriles is 1. The summed E-state index contributed by atoms with van der Waals surface area (Å²) < 4.78 is 12.4. The molecule has 9 heteroatoms. The highest BCUT2D eigenvalue weighted by Crippen LogP contribution is 2.28. The number of ether oxygens (including phenoxy) is 1. The zero-order chi connectivity index (χ0) is 18.5. The number of furan rings is 1. The van der Waals surface area contributed by atoms with E-state index < -0.39 is 5.91 Å². The highest BCUT2D eigenvalue weighted by molar-refractivity contribution is 6.35. The summed E-state index contributed by atoms with van der Waals surface area (Å²) in [6, 6.07) is 11.6. The topological polar surface area (TPSA) is 93.1 Å². The van der Waals surface area contributed by atoms with Crippen molar-refractivity contribution in [1.82, 2.24) is 9.78 Å². The zero-order valence-electron chi connectivity index (χ0n) is 13.3. The van der Waals surface area contributed by atoms with Crippen LogP contribution >= 0.6 is 23.2 Å². The second-order valence-corrected chi connectivity index (χ2v) is 5.98. The monoisotopic (exact) mass is 390 g/mol. The molecule has 0 radical (unpaired) electrons. The van der Waals surface area contributed by atoms with Gasteiger partial charge in [-0.25, -0.2) is 0 Å². The highest BCUT2D eigenvalue weighted by Gasteiger charge is 2.13. The highest BCUT2D eigenvalue weighted by atomic mass is 35.5. The minimum atomic E-state index is -0.456. The molecule has 0 fully saturated rings. The summed E-state index contributed by atoms with van der Waals surface area (Å²) in [5, 5.41) is 16.1. The van der Waals surface area contributed by atoms with Crippen molar-refractivity contribution in [3.63, 3.8) is 0 Å². The molecule has 0 spiro atoms. The van der Waals surface area contributed by atoms with Gasteiger partial charge in [0.15, 0.2) is 11.6 Å². The molecule has 26 heavy (non-hydrogen) atoms. The van der Waals surface area contributed by atoms with E-state index in [1.807, 2.05) is 6.07 Å². The second-order valence-electron chi connectivity index (χ2n) is 5.14. The van der Waals surface area contributed by atoms with Gasteiger partial charge in [0.2, 0.25) is 0 Å². The van der Waals surface area contributed by atoms with E-state index in [9.17, 15) is 4.79 Å². The minimum absolute atomic E-state index is 0.103. The number of benzene rings is 1. The molecule has 7 nitrogen and oxygen atoms in total. The summed E-state index contributed by atoms with van der Waals surface area (Å²) >= 11 is 11.9. The first-order valence-corrected chi connectivity index (χ1v) is 8.19. The number of amides is 1. The molecule has 0 aliphatic rings. The van der Waals surface area contributed by atoms with Gasteiger partial charge >= 0.3 is 0 Å². The predicted octanol–water partition coefficient (Wildman–Crippen LogP) is 4.14. The molecule has 2 heterocycles. The number of nitrogens with zero attached hydrogens (tertiary/aromatic N) is 3. The van der Waals surface area contributed by atoms with Gasteiger partial charge in [-0.2, -0.15) is 10.4 Å². The lowest BCUT2D eigenvalue weighted by Crippen LogP contribution is -2.11. The molecule has 1 amide bonds. The Morgan fingerprint density at radius 1 is 1.31 bits per heavy atom. The van der Waals surface area contributed by atoms with Crippen molar-refractivity contribution >= 4 is 34.9 Å². The standard InChI is InChI=1S/C17H12Cl2N4O3/c18-11-1-3-14(13(19)9-11)25-10-12-2-4-15(26-12)17(24)21-16-5-7-23(22-16)8-6-20/h1-5,7,9H,8,10H2,(H,21,22,24). The normalized spacial score (nSPS) is 10.3. The van der Waals surface area contributed by atoms with Crippen LogP contribution in [0.5, 0.6) is 5.75 Å². The maximum Gasteiger partial charge on any atom is 0.292 e. The van der Waals surface area contributed by atoms with Crippen molar-refractivity contribution in [2.75, 3.05) is 5.32 Å². The van der Waals surface area contributed by atoms with Gasteiger partial charge in [-0.1, -0.05) is 23.2 Å². The molecule has 3 aromatic rings. The van der Waals surface area contributed by atoms with E-state index in [2.05, 4.69) is 10.4 Å². The van der Waals surface area contributed by atoms with Gasteiger partial charge < -0.3 is 14.5 Å². The zero-order valence-corrected chi connectivity index (χ0v) is 14.8. The quantitative estimate of drug-likeness (QED) is 0.682. The third kappa shape index (κ3) is 4.36. The first-order chi connectivity index (χ1) is 12.5. The number of rotatable bonds is 6. The van der Waals surface area contributed by atoms with Gasteiger partial charge in [0.05, 0.1) is 11.1 Å². The SMILES string of the molecule is N#CCn1ccc(NC(=O)c2ccc(COc3ccc(Cl)cc3Cl)o2)n1. The summed E-state index contributed by atoms with van der Waals surface area (Å²) in [6.07, 6.45) is 1.59. The molecule has 0 unspecified atom stereocenters. The molecule has 1 N–H and O–H groups in total. The van der Waals surface area contributed by atoms with E-state index >= 15 is 0 Å². The number of hydrogen-bond acceptors (Lipinski definition) is 5. The summed E-state index contributed by atoms with van der Waals surface area (Å²) in [5.74, 6) is 0.897. The molecule has 0 aliphatic carbocycles. The fourth-order valence-corrected chi connectivity index (χ4v) is 2.55. The maximum absolute atomic E-state index is 12.2. The molecule has 0 bridgehead atoms. The molecule has 2 aromatic heterocycles. The first-order valence-electron chi connectivity index (χ1n) is 7.43. The predicted molar refractivity (Wildman–Crippen MR) is 95.3 cm³/mol. The van der Waals surface area contributed by atoms with Gasteiger partial charge in [0.1, 0.15) is 24.7 Å². The average Bonchev–Trinajstić information content (AvgIpc) is 3.24. The fraction of sp³-hybridized carbons (Fsp3) is 0.118. The Kier molecular flexibility index (Phi) is 5.46. The summed E-state index contributed by atoms with van der Waals surface area (Å²) in [6.45, 7) is 0.205. The lowest BCUT2D eigenvalue weighted by molar-refractivity contribution is 0.0992. The van der Waals surface area contributed by atoms with Crippen molar-refractivity contribution in [1.29, 1.82) is 5.26 Å². The Labute approximate surface area is 158 Å². The van der Waals surface area contributed by atoms with Gasteiger partial charge in [-0.15, -0.1) is 0 Å². The molecule has 3 rings (SSSR count). The van der Waals surface area contributed by atoms with Crippen LogP contribution in [0, 0.1) is 11.3 Å². The Hall–Kier alpha value is -2.95. The number of nitrogens with one attached hydrogen (secondary N) is 1. The fourth-order valence-electron chi connectivity index (χ4n) is 2.09. The Morgan fingerprint density at radius 3 is 2.92 bits per heavy atom. The van der Waals surface area contributed by atoms with Crippen LogP contribution in [0.2, 0.25) is 10.0 Å². The van der Waals surface area contributed by atoms with Crippen LogP contribution in [0.3, 0.4) is 0 Å². The third-order valence-corrected chi connectivity index (χ3v) is 3.79. The molecule has 1 aromatic carbocycles. The van der Waals surface area contributed by atoms with Gasteiger partial charge in [0, 0.05) is 17.3 Å². The lowest BCUT2D eigenvalue weighted by Gasteiger charge is -2.06. The van der Waals surface area contributed by atoms with Crippen LogP contribution in [0.4, 0.5) is 5.82 Å². The minimum Gasteiger partial charge on any atom is -0.484 e. The second kappa shape index (κ2) is 7.95. The average molecular weight is 391 g/mol. The Morgan fingerprint density at radius 2 is 2.15 bits per heavy atom. The van der Waals surface area contributed by atoms with Crippen molar-refractivity contribution in [2.45, 2.75) is 13.2 Å². The number of carbonyl (C=O) groups is 1. The van der Waals surface area contributed by atoms with Crippen LogP contribution in [0.25, 0.3) is 0 Å². The van der Waals surface area contributed by atoms with E-state index in [-0.39, 0.29) is 18.9 Å². The van der Waals surface area contributed by atoms with E-state index in [0.717, 1.165) is 0 Å². The van der Waals surface area contributed by atoms with Gasteiger partial charge in [0.25, 0.3) is 5.91 Å². The van der Waals surface area contributed by atoms with Crippen LogP contribution in [0.15, 0.2) is 47.0 Å². The number of carbonyl (C=O) groups excluding carboxylic acids is 1. The molecule has 132 valence electrons. The van der Waals surface area contributed by atoms with Crippen molar-refractivity contribution < 1.29 is 13.9 Å². The van der Waals surface area contributed by atoms with Crippen LogP contribution in [0.1, 0.15) is 16.3 Å². The van der Waals surface area contributed by atoms with E-state index in [4.69, 9.17) is 37.6 Å². The van der Waals surface area contributed by atoms with E-state index in [1.165, 1.54) is 10.7 Å². The smallest absolute Gasteiger partial charge is 0.292 e. The van der Waals surface area contributed by atoms with Crippen molar-refractivity contribution in [3.8, 4) is 11.8 Å².